The number of aryl methyl sites for hydroxylation is 1. The average Bonchev–Trinajstić information content (AvgIpc) is 2.88. The molecule has 3 unspecified atom stereocenters. The zero-order chi connectivity index (χ0) is 27.9. The number of piperidine rings is 1. The van der Waals surface area contributed by atoms with Crippen molar-refractivity contribution in [3.8, 4) is 5.88 Å². The third-order valence-electron chi connectivity index (χ3n) is 7.57. The van der Waals surface area contributed by atoms with E-state index in [0.717, 1.165) is 22.9 Å². The van der Waals surface area contributed by atoms with Gasteiger partial charge >= 0.3 is 0 Å². The first-order valence-electron chi connectivity index (χ1n) is 12.6. The van der Waals surface area contributed by atoms with Crippen LogP contribution in [-0.2, 0) is 9.84 Å². The Morgan fingerprint density at radius 2 is 1.87 bits per heavy atom. The number of halogens is 2. The fraction of sp³-hybridized carbons (Fsp3) is 0.300. The first-order chi connectivity index (χ1) is 18.5. The Balaban J connectivity index is 1.68. The summed E-state index contributed by atoms with van der Waals surface area (Å²) in [7, 11) is -1.91. The standard InChI is InChI=1S/C30H30ClFN2O4S/c1-18-14-22(32)8-10-24(18)27-17-30(35,12-13-33-27)28(19-4-6-21(31)7-5-19)25-16-20-15-23(39(3,36)37)9-11-26(20)34-29(25)38-2/h4-11,14-16,27-28,33,35H,12-13,17H2,1-3H3. The summed E-state index contributed by atoms with van der Waals surface area (Å²) in [6.07, 6.45) is 1.94. The van der Waals surface area contributed by atoms with Gasteiger partial charge in [0.25, 0.3) is 0 Å². The van der Waals surface area contributed by atoms with Crippen molar-refractivity contribution in [2.24, 2.45) is 0 Å². The molecule has 1 aliphatic heterocycles. The minimum atomic E-state index is -3.44. The molecule has 0 spiro atoms. The molecule has 1 aromatic heterocycles. The highest BCUT2D eigenvalue weighted by Crippen LogP contribution is 2.47. The molecule has 0 amide bonds. The second-order valence-corrected chi connectivity index (χ2v) is 12.7. The number of ether oxygens (including phenoxy) is 1. The summed E-state index contributed by atoms with van der Waals surface area (Å²) in [6, 6.07) is 18.4. The van der Waals surface area contributed by atoms with E-state index in [0.29, 0.717) is 46.8 Å². The van der Waals surface area contributed by atoms with E-state index < -0.39 is 21.4 Å². The maximum atomic E-state index is 13.8. The highest BCUT2D eigenvalue weighted by Gasteiger charge is 2.44. The summed E-state index contributed by atoms with van der Waals surface area (Å²) >= 11 is 6.22. The van der Waals surface area contributed by atoms with E-state index in [1.807, 2.05) is 25.1 Å². The molecule has 39 heavy (non-hydrogen) atoms. The first-order valence-corrected chi connectivity index (χ1v) is 14.9. The van der Waals surface area contributed by atoms with Gasteiger partial charge in [0.1, 0.15) is 5.82 Å². The zero-order valence-electron chi connectivity index (χ0n) is 21.9. The van der Waals surface area contributed by atoms with Crippen LogP contribution in [0.5, 0.6) is 5.88 Å². The number of sulfone groups is 1. The molecule has 0 saturated carbocycles. The molecular formula is C30H30ClFN2O4S. The second-order valence-electron chi connectivity index (χ2n) is 10.3. The maximum Gasteiger partial charge on any atom is 0.217 e. The SMILES string of the molecule is COc1nc2ccc(S(C)(=O)=O)cc2cc1C(c1ccc(Cl)cc1)C1(O)CCNC(c2ccc(F)cc2C)C1. The number of benzene rings is 3. The highest BCUT2D eigenvalue weighted by molar-refractivity contribution is 7.90. The van der Waals surface area contributed by atoms with Crippen LogP contribution in [0.15, 0.2) is 71.6 Å². The summed E-state index contributed by atoms with van der Waals surface area (Å²) in [5, 5.41) is 17.1. The summed E-state index contributed by atoms with van der Waals surface area (Å²) in [5.74, 6) is -0.535. The number of methoxy groups -OCH3 is 1. The van der Waals surface area contributed by atoms with Gasteiger partial charge in [-0.2, -0.15) is 0 Å². The van der Waals surface area contributed by atoms with E-state index >= 15 is 0 Å². The van der Waals surface area contributed by atoms with Crippen molar-refractivity contribution in [3.63, 3.8) is 0 Å². The van der Waals surface area contributed by atoms with Crippen molar-refractivity contribution in [1.82, 2.24) is 10.3 Å². The summed E-state index contributed by atoms with van der Waals surface area (Å²) in [5.41, 5.74) is 2.51. The van der Waals surface area contributed by atoms with Crippen LogP contribution in [0.4, 0.5) is 4.39 Å². The molecule has 1 aliphatic rings. The average molecular weight is 569 g/mol. The highest BCUT2D eigenvalue weighted by atomic mass is 35.5. The van der Waals surface area contributed by atoms with Gasteiger partial charge in [-0.3, -0.25) is 0 Å². The summed E-state index contributed by atoms with van der Waals surface area (Å²) < 4.78 is 44.1. The Labute approximate surface area is 232 Å². The molecule has 1 saturated heterocycles. The Kier molecular flexibility index (Phi) is 7.41. The first kappa shape index (κ1) is 27.5. The van der Waals surface area contributed by atoms with E-state index in [1.165, 1.54) is 25.3 Å². The Hall–Kier alpha value is -3.04. The van der Waals surface area contributed by atoms with Gasteiger partial charge in [-0.25, -0.2) is 17.8 Å². The molecule has 9 heteroatoms. The molecule has 2 heterocycles. The number of pyridine rings is 1. The fourth-order valence-electron chi connectivity index (χ4n) is 5.69. The molecule has 204 valence electrons. The Morgan fingerprint density at radius 1 is 1.13 bits per heavy atom. The smallest absolute Gasteiger partial charge is 0.217 e. The van der Waals surface area contributed by atoms with Crippen LogP contribution in [0.25, 0.3) is 10.9 Å². The lowest BCUT2D eigenvalue weighted by atomic mass is 9.70. The molecule has 0 aliphatic carbocycles. The van der Waals surface area contributed by atoms with Crippen molar-refractivity contribution in [2.75, 3.05) is 19.9 Å². The van der Waals surface area contributed by atoms with E-state index in [2.05, 4.69) is 5.32 Å². The van der Waals surface area contributed by atoms with Crippen molar-refractivity contribution >= 4 is 32.3 Å². The molecule has 1 fully saturated rings. The normalized spacial score (nSPS) is 20.6. The van der Waals surface area contributed by atoms with Gasteiger partial charge in [0.05, 0.1) is 23.1 Å². The largest absolute Gasteiger partial charge is 0.481 e. The van der Waals surface area contributed by atoms with Crippen LogP contribution in [0.2, 0.25) is 5.02 Å². The van der Waals surface area contributed by atoms with Gasteiger partial charge < -0.3 is 15.2 Å². The number of rotatable bonds is 6. The number of hydrogen-bond acceptors (Lipinski definition) is 6. The zero-order valence-corrected chi connectivity index (χ0v) is 23.5. The van der Waals surface area contributed by atoms with Crippen molar-refractivity contribution in [3.05, 3.63) is 99.8 Å². The van der Waals surface area contributed by atoms with Gasteiger partial charge in [0.15, 0.2) is 9.84 Å². The number of aliphatic hydroxyl groups is 1. The van der Waals surface area contributed by atoms with Gasteiger partial charge in [-0.05, 0) is 91.5 Å². The monoisotopic (exact) mass is 568 g/mol. The van der Waals surface area contributed by atoms with E-state index in [1.54, 1.807) is 30.3 Å². The third kappa shape index (κ3) is 5.52. The number of nitrogens with one attached hydrogen (secondary N) is 1. The Bertz CT molecular complexity index is 1650. The number of fused-ring (bicyclic) bond motifs is 1. The molecule has 5 rings (SSSR count). The fourth-order valence-corrected chi connectivity index (χ4v) is 6.47. The van der Waals surface area contributed by atoms with Crippen LogP contribution < -0.4 is 10.1 Å². The minimum Gasteiger partial charge on any atom is -0.481 e. The molecule has 0 radical (unpaired) electrons. The van der Waals surface area contributed by atoms with Crippen LogP contribution in [0, 0.1) is 12.7 Å². The van der Waals surface area contributed by atoms with Crippen molar-refractivity contribution in [1.29, 1.82) is 0 Å². The van der Waals surface area contributed by atoms with Gasteiger partial charge in [0, 0.05) is 34.2 Å². The van der Waals surface area contributed by atoms with Crippen molar-refractivity contribution < 1.29 is 22.7 Å². The van der Waals surface area contributed by atoms with Crippen LogP contribution in [0.1, 0.15) is 47.1 Å². The second kappa shape index (κ2) is 10.5. The molecule has 4 aromatic rings. The minimum absolute atomic E-state index is 0.184. The Morgan fingerprint density at radius 3 is 2.54 bits per heavy atom. The lowest BCUT2D eigenvalue weighted by Gasteiger charge is -2.44. The summed E-state index contributed by atoms with van der Waals surface area (Å²) in [6.45, 7) is 2.39. The van der Waals surface area contributed by atoms with Crippen LogP contribution in [0.3, 0.4) is 0 Å². The van der Waals surface area contributed by atoms with E-state index in [9.17, 15) is 17.9 Å². The molecule has 3 atom stereocenters. The predicted molar refractivity (Wildman–Crippen MR) is 151 cm³/mol. The summed E-state index contributed by atoms with van der Waals surface area (Å²) in [4.78, 5) is 4.88. The lowest BCUT2D eigenvalue weighted by molar-refractivity contribution is -0.0197. The maximum absolute atomic E-state index is 13.8. The van der Waals surface area contributed by atoms with Gasteiger partial charge in [-0.1, -0.05) is 29.8 Å². The molecule has 6 nitrogen and oxygen atoms in total. The van der Waals surface area contributed by atoms with Gasteiger partial charge in [0.2, 0.25) is 5.88 Å². The molecule has 2 N–H and O–H groups in total. The van der Waals surface area contributed by atoms with Crippen molar-refractivity contribution in [2.45, 2.75) is 42.2 Å². The molecule has 0 bridgehead atoms. The topological polar surface area (TPSA) is 88.5 Å². The quantitative estimate of drug-likeness (QED) is 0.308. The van der Waals surface area contributed by atoms with Crippen LogP contribution >= 0.6 is 11.6 Å². The molecular weight excluding hydrogens is 539 g/mol. The van der Waals surface area contributed by atoms with E-state index in [-0.39, 0.29) is 16.8 Å². The number of aromatic nitrogens is 1. The third-order valence-corrected chi connectivity index (χ3v) is 8.93. The van der Waals surface area contributed by atoms with Crippen LogP contribution in [-0.4, -0.2) is 44.0 Å². The number of nitrogens with zero attached hydrogens (tertiary/aromatic N) is 1. The van der Waals surface area contributed by atoms with Gasteiger partial charge in [-0.15, -0.1) is 0 Å². The molecule has 3 aromatic carbocycles. The number of hydrogen-bond donors (Lipinski definition) is 2. The predicted octanol–water partition coefficient (Wildman–Crippen LogP) is 5.74. The lowest BCUT2D eigenvalue weighted by Crippen LogP contribution is -2.48. The van der Waals surface area contributed by atoms with E-state index in [4.69, 9.17) is 21.3 Å².